The lowest BCUT2D eigenvalue weighted by Gasteiger charge is -2.32. The number of likely N-dealkylation sites (N-methyl/N-ethyl adjacent to an activating group) is 1. The second-order valence-corrected chi connectivity index (χ2v) is 34.3. The normalized spacial score (nSPS) is 12.3. The Morgan fingerprint density at radius 2 is 0.867 bits per heavy atom. The molecule has 4 amide bonds. The zero-order valence-corrected chi connectivity index (χ0v) is 41.6. The zero-order chi connectivity index (χ0) is 45.6. The van der Waals surface area contributed by atoms with Crippen molar-refractivity contribution >= 4 is 51.5 Å². The predicted molar refractivity (Wildman–Crippen MR) is 239 cm³/mol. The van der Waals surface area contributed by atoms with Crippen molar-refractivity contribution < 1.29 is 47.4 Å². The van der Waals surface area contributed by atoms with Crippen LogP contribution in [-0.4, -0.2) is 150 Å². The van der Waals surface area contributed by atoms with Crippen molar-refractivity contribution in [2.45, 2.75) is 130 Å². The zero-order valence-electron chi connectivity index (χ0n) is 37.6. The standard InChI is InChI=1S/C36H75N7O13Si4/c1-40(25-26-44)31(47)37-19-13-10-16-22-41-34(50)42(23-17-11-14-20-38-32(48)53-29-59(6,7)55-57(2,3)27-45)36(52)43(35(41)51)24-18-12-15-21-39-33(49)54-30-60(8,9)56-58(4,5)28-46/h44-46H,10-30H2,1-9H3,(H,37,47)(H,38,48)(H,39,49). The number of nitrogens with zero attached hydrogens (tertiary/aromatic N) is 4. The average molecular weight is 926 g/mol. The molecule has 0 bridgehead atoms. The first-order valence-corrected chi connectivity index (χ1v) is 33.4. The van der Waals surface area contributed by atoms with Gasteiger partial charge in [0, 0.05) is 52.9 Å². The number of amides is 4. The van der Waals surface area contributed by atoms with Gasteiger partial charge in [-0.3, -0.25) is 0 Å². The molecule has 0 aromatic carbocycles. The summed E-state index contributed by atoms with van der Waals surface area (Å²) >= 11 is 0. The van der Waals surface area contributed by atoms with E-state index in [4.69, 9.17) is 22.8 Å². The lowest BCUT2D eigenvalue weighted by Crippen LogP contribution is -2.54. The SMILES string of the molecule is CN(CCO)C(=O)NCCCCCn1c(=O)n(CCCCCNC(=O)OC[Si](C)(C)O[Si](C)(C)CO)c(=O)n(CCCCCNC(=O)OC[Si](C)(C)O[Si](C)(C)CO)c1=O. The van der Waals surface area contributed by atoms with Gasteiger partial charge in [0.15, 0.2) is 16.6 Å². The van der Waals surface area contributed by atoms with Gasteiger partial charge in [0.05, 0.1) is 19.1 Å². The first-order chi connectivity index (χ1) is 28.0. The van der Waals surface area contributed by atoms with Crippen LogP contribution in [0.2, 0.25) is 52.4 Å². The summed E-state index contributed by atoms with van der Waals surface area (Å²) in [4.78, 5) is 78.6. The summed E-state index contributed by atoms with van der Waals surface area (Å²) in [7, 11) is -7.52. The molecule has 0 fully saturated rings. The maximum atomic E-state index is 13.5. The van der Waals surface area contributed by atoms with E-state index in [9.17, 15) is 39.0 Å². The number of rotatable bonds is 30. The van der Waals surface area contributed by atoms with Gasteiger partial charge in [0.2, 0.25) is 16.6 Å². The highest BCUT2D eigenvalue weighted by atomic mass is 28.4. The summed E-state index contributed by atoms with van der Waals surface area (Å²) in [5, 5.41) is 36.3. The number of aliphatic hydroxyl groups is 3. The van der Waals surface area contributed by atoms with Crippen molar-refractivity contribution in [3.63, 3.8) is 0 Å². The summed E-state index contributed by atoms with van der Waals surface area (Å²) in [5.41, 5.74) is -2.07. The van der Waals surface area contributed by atoms with Crippen LogP contribution in [0.25, 0.3) is 0 Å². The summed E-state index contributed by atoms with van der Waals surface area (Å²) in [5.74, 6) is 0. The van der Waals surface area contributed by atoms with Gasteiger partial charge in [-0.2, -0.15) is 0 Å². The molecule has 1 aromatic rings. The highest BCUT2D eigenvalue weighted by Gasteiger charge is 2.35. The number of aromatic nitrogens is 3. The molecule has 1 rings (SSSR count). The number of ether oxygens (including phenoxy) is 2. The van der Waals surface area contributed by atoms with E-state index < -0.39 is 62.5 Å². The molecule has 0 radical (unpaired) electrons. The molecule has 6 N–H and O–H groups in total. The first-order valence-electron chi connectivity index (χ1n) is 21.0. The monoisotopic (exact) mass is 925 g/mol. The molecule has 0 aliphatic heterocycles. The van der Waals surface area contributed by atoms with E-state index in [1.165, 1.54) is 4.90 Å². The van der Waals surface area contributed by atoms with Crippen molar-refractivity contribution in [1.82, 2.24) is 34.6 Å². The highest BCUT2D eigenvalue weighted by Crippen LogP contribution is 2.15. The Morgan fingerprint density at radius 3 is 1.18 bits per heavy atom. The summed E-state index contributed by atoms with van der Waals surface area (Å²) in [6.07, 6.45) is 3.93. The average Bonchev–Trinajstić information content (AvgIpc) is 3.16. The fourth-order valence-electron chi connectivity index (χ4n) is 6.13. The van der Waals surface area contributed by atoms with Gasteiger partial charge in [0.1, 0.15) is 12.5 Å². The van der Waals surface area contributed by atoms with E-state index in [-0.39, 0.29) is 63.7 Å². The molecule has 0 spiro atoms. The number of hydrogen-bond donors (Lipinski definition) is 6. The van der Waals surface area contributed by atoms with Crippen LogP contribution < -0.4 is 33.0 Å². The molecule has 0 aliphatic rings. The van der Waals surface area contributed by atoms with Crippen LogP contribution in [0, 0.1) is 0 Å². The van der Waals surface area contributed by atoms with Crippen LogP contribution in [0.5, 0.6) is 0 Å². The van der Waals surface area contributed by atoms with Crippen molar-refractivity contribution in [2.75, 3.05) is 64.8 Å². The Kier molecular flexibility index (Phi) is 24.8. The molecule has 0 unspecified atom stereocenters. The van der Waals surface area contributed by atoms with Gasteiger partial charge >= 0.3 is 35.3 Å². The van der Waals surface area contributed by atoms with Gasteiger partial charge in [-0.1, -0.05) is 0 Å². The van der Waals surface area contributed by atoms with E-state index in [0.29, 0.717) is 77.4 Å². The van der Waals surface area contributed by atoms with Crippen molar-refractivity contribution in [3.05, 3.63) is 31.5 Å². The van der Waals surface area contributed by atoms with E-state index in [2.05, 4.69) is 16.0 Å². The Hall–Kier alpha value is -3.11. The molecule has 0 saturated heterocycles. The summed E-state index contributed by atoms with van der Waals surface area (Å²) < 4.78 is 26.2. The number of hydrogen-bond acceptors (Lipinski definition) is 13. The van der Waals surface area contributed by atoms with Crippen LogP contribution >= 0.6 is 0 Å². The minimum absolute atomic E-state index is 0.0188. The third-order valence-electron chi connectivity index (χ3n) is 9.13. The molecule has 60 heavy (non-hydrogen) atoms. The lowest BCUT2D eigenvalue weighted by molar-refractivity contribution is 0.157. The molecule has 0 aliphatic carbocycles. The van der Waals surface area contributed by atoms with Gasteiger partial charge in [-0.05, 0) is 110 Å². The van der Waals surface area contributed by atoms with Crippen LogP contribution in [0.4, 0.5) is 14.4 Å². The van der Waals surface area contributed by atoms with E-state index in [0.717, 1.165) is 13.7 Å². The number of carbonyl (C=O) groups is 3. The van der Waals surface area contributed by atoms with E-state index in [1.54, 1.807) is 7.05 Å². The third kappa shape index (κ3) is 22.1. The molecule has 0 atom stereocenters. The molecular weight excluding hydrogens is 851 g/mol. The minimum atomic E-state index is -2.32. The molecule has 24 heteroatoms. The van der Waals surface area contributed by atoms with E-state index >= 15 is 0 Å². The second-order valence-electron chi connectivity index (χ2n) is 17.4. The summed E-state index contributed by atoms with van der Waals surface area (Å²) in [6, 6.07) is -0.311. The van der Waals surface area contributed by atoms with Gasteiger partial charge < -0.3 is 53.9 Å². The Morgan fingerprint density at radius 1 is 0.533 bits per heavy atom. The van der Waals surface area contributed by atoms with Crippen molar-refractivity contribution in [2.24, 2.45) is 0 Å². The molecule has 0 saturated carbocycles. The van der Waals surface area contributed by atoms with Gasteiger partial charge in [-0.25, -0.2) is 42.5 Å². The van der Waals surface area contributed by atoms with Gasteiger partial charge in [-0.15, -0.1) is 0 Å². The summed E-state index contributed by atoms with van der Waals surface area (Å²) in [6.45, 7) is 16.7. The molecule has 1 aromatic heterocycles. The lowest BCUT2D eigenvalue weighted by atomic mass is 10.2. The van der Waals surface area contributed by atoms with Crippen molar-refractivity contribution in [1.29, 1.82) is 0 Å². The number of unbranched alkanes of at least 4 members (excludes halogenated alkanes) is 6. The topological polar surface area (TPSA) is 254 Å². The quantitative estimate of drug-likeness (QED) is 0.0476. The molecule has 20 nitrogen and oxygen atoms in total. The predicted octanol–water partition coefficient (Wildman–Crippen LogP) is 1.76. The number of urea groups is 1. The van der Waals surface area contributed by atoms with Crippen LogP contribution in [0.1, 0.15) is 57.8 Å². The number of aliphatic hydroxyl groups excluding tert-OH is 3. The Balaban J connectivity index is 2.83. The minimum Gasteiger partial charge on any atom is -0.452 e. The van der Waals surface area contributed by atoms with Crippen LogP contribution in [-0.2, 0) is 37.3 Å². The maximum Gasteiger partial charge on any atom is 0.406 e. The highest BCUT2D eigenvalue weighted by molar-refractivity contribution is 6.85. The maximum absolute atomic E-state index is 13.5. The van der Waals surface area contributed by atoms with Crippen LogP contribution in [0.3, 0.4) is 0 Å². The smallest absolute Gasteiger partial charge is 0.406 e. The fraction of sp³-hybridized carbons (Fsp3) is 0.833. The van der Waals surface area contributed by atoms with E-state index in [1.807, 2.05) is 52.4 Å². The fourth-order valence-corrected chi connectivity index (χ4v) is 20.0. The molecule has 348 valence electrons. The number of alkyl carbamates (subject to hydrolysis) is 2. The van der Waals surface area contributed by atoms with Crippen molar-refractivity contribution in [3.8, 4) is 0 Å². The molecular formula is C36H75N7O13Si4. The Labute approximate surface area is 358 Å². The number of nitrogens with one attached hydrogen (secondary N) is 3. The third-order valence-corrected chi connectivity index (χ3v) is 21.2. The van der Waals surface area contributed by atoms with Gasteiger partial charge in [0.25, 0.3) is 0 Å². The number of carbonyl (C=O) groups excluding carboxylic acids is 3. The second kappa shape index (κ2) is 27.1. The van der Waals surface area contributed by atoms with Crippen LogP contribution in [0.15, 0.2) is 14.4 Å². The first kappa shape index (κ1) is 54.9. The Bertz CT molecular complexity index is 1560. The molecule has 1 heterocycles. The largest absolute Gasteiger partial charge is 0.452 e.